The van der Waals surface area contributed by atoms with E-state index in [4.69, 9.17) is 24.7 Å². The lowest BCUT2D eigenvalue weighted by Gasteiger charge is -2.58. The second kappa shape index (κ2) is 16.0. The third kappa shape index (κ3) is 7.66. The number of anilines is 2. The lowest BCUT2D eigenvalue weighted by molar-refractivity contribution is -0.141. The molecule has 4 N–H and O–H groups in total. The Hall–Kier alpha value is -5.27. The number of aromatic nitrogens is 2. The topological polar surface area (TPSA) is 170 Å². The second-order valence-corrected chi connectivity index (χ2v) is 18.9. The summed E-state index contributed by atoms with van der Waals surface area (Å²) in [6.45, 7) is 13.4. The number of para-hydroxylation sites is 2. The molecular weight excluding hydrogens is 763 g/mol. The molecule has 6 aliphatic rings. The number of fused-ring (bicyclic) bond motifs is 7. The Kier molecular flexibility index (Phi) is 11.0. The van der Waals surface area contributed by atoms with Crippen LogP contribution in [0.2, 0.25) is 0 Å². The smallest absolute Gasteiger partial charge is 0.267 e. The van der Waals surface area contributed by atoms with E-state index in [1.54, 1.807) is 43.4 Å². The molecule has 0 radical (unpaired) electrons. The predicted molar refractivity (Wildman–Crippen MR) is 229 cm³/mol. The van der Waals surface area contributed by atoms with Gasteiger partial charge < -0.3 is 45.1 Å². The highest BCUT2D eigenvalue weighted by Gasteiger charge is 2.61. The molecular formula is C46H61N7O7. The first-order valence-corrected chi connectivity index (χ1v) is 21.5. The average Bonchev–Trinajstić information content (AvgIpc) is 3.60. The quantitative estimate of drug-likeness (QED) is 0.296. The Balaban J connectivity index is 0.000000170. The van der Waals surface area contributed by atoms with Crippen molar-refractivity contribution in [1.82, 2.24) is 25.5 Å². The van der Waals surface area contributed by atoms with Crippen LogP contribution < -0.4 is 40.2 Å². The Morgan fingerprint density at radius 3 is 2.37 bits per heavy atom. The minimum atomic E-state index is -0.651. The van der Waals surface area contributed by atoms with Crippen molar-refractivity contribution in [3.05, 3.63) is 48.6 Å². The van der Waals surface area contributed by atoms with Crippen molar-refractivity contribution >= 4 is 40.4 Å². The van der Waals surface area contributed by atoms with Crippen molar-refractivity contribution in [2.75, 3.05) is 57.6 Å². The van der Waals surface area contributed by atoms with Gasteiger partial charge in [-0.2, -0.15) is 4.98 Å². The third-order valence-corrected chi connectivity index (χ3v) is 14.4. The number of hydrogen-bond donors (Lipinski definition) is 3. The fourth-order valence-corrected chi connectivity index (χ4v) is 11.3. The number of nitrogen functional groups attached to an aromatic ring is 1. The number of methoxy groups -OCH3 is 2. The van der Waals surface area contributed by atoms with E-state index >= 15 is 0 Å². The van der Waals surface area contributed by atoms with Gasteiger partial charge in [0.2, 0.25) is 23.9 Å². The zero-order valence-electron chi connectivity index (χ0n) is 36.1. The molecule has 3 aliphatic heterocycles. The highest BCUT2D eigenvalue weighted by atomic mass is 16.6. The van der Waals surface area contributed by atoms with E-state index in [2.05, 4.69) is 61.3 Å². The van der Waals surface area contributed by atoms with E-state index < -0.39 is 6.10 Å². The molecule has 3 amide bonds. The largest absolute Gasteiger partial charge is 0.493 e. The molecule has 322 valence electrons. The molecule has 60 heavy (non-hydrogen) atoms. The second-order valence-electron chi connectivity index (χ2n) is 18.9. The first-order chi connectivity index (χ1) is 28.6. The van der Waals surface area contributed by atoms with Crippen LogP contribution in [0.3, 0.4) is 0 Å². The van der Waals surface area contributed by atoms with Crippen LogP contribution >= 0.6 is 0 Å². The highest BCUT2D eigenvalue weighted by molar-refractivity contribution is 5.92. The van der Waals surface area contributed by atoms with Crippen LogP contribution in [0.5, 0.6) is 23.0 Å². The van der Waals surface area contributed by atoms with E-state index in [1.807, 2.05) is 23.1 Å². The van der Waals surface area contributed by atoms with Gasteiger partial charge in [0.1, 0.15) is 12.4 Å². The molecule has 1 aromatic heterocycles. The first kappa shape index (κ1) is 41.5. The van der Waals surface area contributed by atoms with Gasteiger partial charge in [0.15, 0.2) is 23.0 Å². The summed E-state index contributed by atoms with van der Waals surface area (Å²) in [7, 11) is 3.14. The van der Waals surface area contributed by atoms with Gasteiger partial charge in [0.05, 0.1) is 19.7 Å². The summed E-state index contributed by atoms with van der Waals surface area (Å²) in [5.74, 6) is 5.59. The van der Waals surface area contributed by atoms with Crippen molar-refractivity contribution in [2.24, 2.45) is 34.5 Å². The number of ether oxygens (including phenoxy) is 4. The maximum Gasteiger partial charge on any atom is 0.267 e. The molecule has 3 aliphatic carbocycles. The summed E-state index contributed by atoms with van der Waals surface area (Å²) < 4.78 is 22.3. The van der Waals surface area contributed by atoms with Crippen LogP contribution in [0.4, 0.5) is 11.8 Å². The Bertz CT molecular complexity index is 2170. The van der Waals surface area contributed by atoms with Crippen LogP contribution in [0, 0.1) is 34.5 Å². The van der Waals surface area contributed by atoms with Crippen LogP contribution in [-0.4, -0.2) is 97.3 Å². The monoisotopic (exact) mass is 823 g/mol. The molecule has 2 aromatic carbocycles. The molecule has 14 nitrogen and oxygen atoms in total. The molecule has 3 aromatic rings. The van der Waals surface area contributed by atoms with E-state index in [1.165, 1.54) is 19.3 Å². The standard InChI is InChI=1S/C23H25N5O5.C23H36N2O2/c1-30-18-11-14-15(12-19(18)31-2)25-23(26-21(14)24)28-9-7-27(8-10-28)22(29)20-13-32-16-5-3-4-6-17(16)33-20;1-21(2,3)25-20(27)17-8-7-15-14-6-9-18-23(5,13-11-19(26)24-18)16(14)10-12-22(15,17)4/h3-6,11-12,20H,7-10,13H2,1-2H3,(H2,24,25,26);11,13-18H,6-10,12H2,1-5H3,(H,24,26)(H,25,27)/t;14-,15-,16-,17+,18+,22-,23+/m.0/s1. The van der Waals surface area contributed by atoms with Gasteiger partial charge in [-0.05, 0) is 107 Å². The van der Waals surface area contributed by atoms with E-state index in [0.717, 1.165) is 19.3 Å². The number of benzene rings is 2. The van der Waals surface area contributed by atoms with Crippen molar-refractivity contribution in [2.45, 2.75) is 90.8 Å². The molecule has 4 heterocycles. The molecule has 3 saturated carbocycles. The minimum absolute atomic E-state index is 0.0661. The Morgan fingerprint density at radius 1 is 0.933 bits per heavy atom. The molecule has 9 rings (SSSR count). The molecule has 0 spiro atoms. The molecule has 4 fully saturated rings. The summed E-state index contributed by atoms with van der Waals surface area (Å²) in [5.41, 5.74) is 6.92. The summed E-state index contributed by atoms with van der Waals surface area (Å²) in [6, 6.07) is 11.2. The lowest BCUT2D eigenvalue weighted by Crippen LogP contribution is -2.59. The number of carbonyl (C=O) groups excluding carboxylic acids is 3. The van der Waals surface area contributed by atoms with E-state index in [-0.39, 0.29) is 52.7 Å². The molecule has 1 saturated heterocycles. The predicted octanol–water partition coefficient (Wildman–Crippen LogP) is 5.53. The number of nitrogens with zero attached hydrogens (tertiary/aromatic N) is 4. The van der Waals surface area contributed by atoms with Crippen LogP contribution in [0.15, 0.2) is 48.6 Å². The van der Waals surface area contributed by atoms with Crippen LogP contribution in [0.1, 0.15) is 73.1 Å². The summed E-state index contributed by atoms with van der Waals surface area (Å²) >= 11 is 0. The molecule has 8 atom stereocenters. The number of rotatable bonds is 5. The Morgan fingerprint density at radius 2 is 1.65 bits per heavy atom. The van der Waals surface area contributed by atoms with Crippen LogP contribution in [0.25, 0.3) is 10.9 Å². The van der Waals surface area contributed by atoms with Gasteiger partial charge in [0, 0.05) is 60.5 Å². The van der Waals surface area contributed by atoms with Crippen molar-refractivity contribution in [1.29, 1.82) is 0 Å². The minimum Gasteiger partial charge on any atom is -0.493 e. The molecule has 14 heteroatoms. The summed E-state index contributed by atoms with van der Waals surface area (Å²) in [5, 5.41) is 7.17. The maximum atomic E-state index is 13.0. The molecule has 1 unspecified atom stereocenters. The number of piperazine rings is 1. The van der Waals surface area contributed by atoms with Crippen molar-refractivity contribution in [3.8, 4) is 23.0 Å². The van der Waals surface area contributed by atoms with Gasteiger partial charge >= 0.3 is 0 Å². The number of nitrogens with two attached hydrogens (primary N) is 1. The Labute approximate surface area is 352 Å². The van der Waals surface area contributed by atoms with E-state index in [9.17, 15) is 14.4 Å². The number of hydrogen-bond acceptors (Lipinski definition) is 11. The van der Waals surface area contributed by atoms with Crippen molar-refractivity contribution in [3.63, 3.8) is 0 Å². The fourth-order valence-electron chi connectivity index (χ4n) is 11.3. The highest BCUT2D eigenvalue weighted by Crippen LogP contribution is 2.65. The van der Waals surface area contributed by atoms with Gasteiger partial charge in [0.25, 0.3) is 5.91 Å². The summed E-state index contributed by atoms with van der Waals surface area (Å²) in [6.07, 6.45) is 10.1. The van der Waals surface area contributed by atoms with E-state index in [0.29, 0.717) is 89.6 Å². The SMILES string of the molecule is CC(C)(C)NC(=O)[C@H]1CC[C@H]2[C@@H]3CC[C@H]4NC(=O)C=C[C@]4(C)[C@H]3CC[C@]12C.COc1cc2nc(N3CCN(C(=O)C4COc5ccccc5O4)CC3)nc(N)c2cc1OC. The van der Waals surface area contributed by atoms with Gasteiger partial charge in [-0.3, -0.25) is 14.4 Å². The first-order valence-electron chi connectivity index (χ1n) is 21.5. The third-order valence-electron chi connectivity index (χ3n) is 14.4. The van der Waals surface area contributed by atoms with Gasteiger partial charge in [-0.1, -0.05) is 32.1 Å². The average molecular weight is 824 g/mol. The zero-order chi connectivity index (χ0) is 42.6. The van der Waals surface area contributed by atoms with Gasteiger partial charge in [-0.25, -0.2) is 4.98 Å². The lowest BCUT2D eigenvalue weighted by atomic mass is 9.48. The van der Waals surface area contributed by atoms with Gasteiger partial charge in [-0.15, -0.1) is 0 Å². The normalized spacial score (nSPS) is 30.5. The number of nitrogens with one attached hydrogen (secondary N) is 2. The summed E-state index contributed by atoms with van der Waals surface area (Å²) in [4.78, 5) is 50.8. The number of amides is 3. The fraction of sp³-hybridized carbons (Fsp3) is 0.587. The van der Waals surface area contributed by atoms with Crippen LogP contribution in [-0.2, 0) is 14.4 Å². The molecule has 0 bridgehead atoms. The number of carbonyl (C=O) groups is 3. The van der Waals surface area contributed by atoms with Crippen molar-refractivity contribution < 1.29 is 33.3 Å². The maximum absolute atomic E-state index is 13.0. The zero-order valence-corrected chi connectivity index (χ0v) is 36.1.